The van der Waals surface area contributed by atoms with E-state index in [1.807, 2.05) is 41.5 Å². The zero-order valence-electron chi connectivity index (χ0n) is 24.0. The largest absolute Gasteiger partial charge is 0.673 e. The van der Waals surface area contributed by atoms with Gasteiger partial charge in [-0.15, -0.1) is 0 Å². The van der Waals surface area contributed by atoms with Gasteiger partial charge in [0.25, 0.3) is 0 Å². The Kier molecular flexibility index (Phi) is 22.6. The standard InChI is InChI=1S/C12H30O7Si2.C6H18O7Si2/c1-7-13-20(14-8-2,15-9-3)19-21(16-10-4,17-11-5)18-12-6;1-7-14(8-2,9-3)13-15(10-4,11-5)12-6/h7-12H2,1-6H3;1-6H3. The summed E-state index contributed by atoms with van der Waals surface area (Å²) in [7, 11) is -4.67. The van der Waals surface area contributed by atoms with E-state index in [1.54, 1.807) is 0 Å². The zero-order chi connectivity index (χ0) is 28.1. The highest BCUT2D eigenvalue weighted by Crippen LogP contribution is 2.22. The Morgan fingerprint density at radius 3 is 0.611 bits per heavy atom. The van der Waals surface area contributed by atoms with E-state index < -0.39 is 36.2 Å². The molecule has 0 heterocycles. The van der Waals surface area contributed by atoms with Crippen molar-refractivity contribution in [1.29, 1.82) is 0 Å². The minimum atomic E-state index is -3.36. The lowest BCUT2D eigenvalue weighted by molar-refractivity contribution is -0.0606. The SMILES string of the molecule is CCO[Si](OCC)(OCC)O[Si](OCC)(OCC)OCC.CO[Si](OC)(OC)O[Si](OC)(OC)OC. The molecule has 36 heavy (non-hydrogen) atoms. The van der Waals surface area contributed by atoms with Gasteiger partial charge in [0.2, 0.25) is 0 Å². The Balaban J connectivity index is 0. The molecule has 0 saturated heterocycles. The first-order valence-electron chi connectivity index (χ1n) is 11.7. The smallest absolute Gasteiger partial charge is 0.355 e. The van der Waals surface area contributed by atoms with Crippen molar-refractivity contribution >= 4 is 36.2 Å². The van der Waals surface area contributed by atoms with E-state index in [0.29, 0.717) is 39.6 Å². The second-order valence-electron chi connectivity index (χ2n) is 6.03. The molecule has 0 N–H and O–H groups in total. The summed E-state index contributed by atoms with van der Waals surface area (Å²) in [5.41, 5.74) is 0. The van der Waals surface area contributed by atoms with Crippen LogP contribution >= 0.6 is 0 Å². The maximum atomic E-state index is 6.01. The van der Waals surface area contributed by atoms with Crippen molar-refractivity contribution in [2.75, 3.05) is 82.3 Å². The summed E-state index contributed by atoms with van der Waals surface area (Å²) < 4.78 is 75.9. The van der Waals surface area contributed by atoms with Crippen LogP contribution in [0.2, 0.25) is 0 Å². The van der Waals surface area contributed by atoms with Crippen molar-refractivity contribution in [1.82, 2.24) is 0 Å². The highest BCUT2D eigenvalue weighted by atomic mass is 28.5. The van der Waals surface area contributed by atoms with Gasteiger partial charge >= 0.3 is 36.2 Å². The Hall–Kier alpha value is 0.308. The monoisotopic (exact) mass is 600 g/mol. The lowest BCUT2D eigenvalue weighted by Crippen LogP contribution is -2.62. The van der Waals surface area contributed by atoms with Gasteiger partial charge in [-0.3, -0.25) is 0 Å². The summed E-state index contributed by atoms with van der Waals surface area (Å²) in [6.45, 7) is 13.6. The third-order valence-electron chi connectivity index (χ3n) is 3.93. The Labute approximate surface area is 221 Å². The topological polar surface area (TPSA) is 129 Å². The van der Waals surface area contributed by atoms with Gasteiger partial charge in [0, 0.05) is 82.3 Å². The molecule has 0 aliphatic rings. The van der Waals surface area contributed by atoms with Gasteiger partial charge < -0.3 is 61.3 Å². The Bertz CT molecular complexity index is 422. The van der Waals surface area contributed by atoms with Crippen LogP contribution < -0.4 is 0 Å². The average Bonchev–Trinajstić information content (AvgIpc) is 2.87. The minimum absolute atomic E-state index is 0.404. The quantitative estimate of drug-likeness (QED) is 0.168. The van der Waals surface area contributed by atoms with Crippen molar-refractivity contribution in [3.63, 3.8) is 0 Å². The molecule has 0 bridgehead atoms. The molecule has 220 valence electrons. The van der Waals surface area contributed by atoms with E-state index in [0.717, 1.165) is 0 Å². The molecule has 0 amide bonds. The molecule has 0 atom stereocenters. The van der Waals surface area contributed by atoms with Gasteiger partial charge in [0.1, 0.15) is 0 Å². The van der Waals surface area contributed by atoms with Gasteiger partial charge in [-0.05, 0) is 41.5 Å². The molecule has 0 unspecified atom stereocenters. The van der Waals surface area contributed by atoms with Crippen molar-refractivity contribution in [3.8, 4) is 0 Å². The van der Waals surface area contributed by atoms with Gasteiger partial charge in [-0.25, -0.2) is 0 Å². The van der Waals surface area contributed by atoms with Crippen molar-refractivity contribution < 1.29 is 61.3 Å². The van der Waals surface area contributed by atoms with E-state index in [4.69, 9.17) is 61.3 Å². The Morgan fingerprint density at radius 1 is 0.306 bits per heavy atom. The molecule has 0 aliphatic carbocycles. The molecule has 0 spiro atoms. The highest BCUT2D eigenvalue weighted by Gasteiger charge is 2.59. The maximum Gasteiger partial charge on any atom is 0.673 e. The summed E-state index contributed by atoms with van der Waals surface area (Å²) in [5.74, 6) is 0. The van der Waals surface area contributed by atoms with Gasteiger partial charge in [0.15, 0.2) is 0 Å². The normalized spacial score (nSPS) is 13.0. The first-order valence-corrected chi connectivity index (χ1v) is 18.2. The fourth-order valence-electron chi connectivity index (χ4n) is 2.54. The predicted molar refractivity (Wildman–Crippen MR) is 137 cm³/mol. The van der Waals surface area contributed by atoms with Crippen LogP contribution in [0.25, 0.3) is 0 Å². The maximum absolute atomic E-state index is 6.01. The van der Waals surface area contributed by atoms with Crippen LogP contribution in [0, 0.1) is 0 Å². The molecular formula is C18H48O14Si4. The van der Waals surface area contributed by atoms with Crippen molar-refractivity contribution in [2.24, 2.45) is 0 Å². The molecule has 0 radical (unpaired) electrons. The first kappa shape index (κ1) is 38.5. The highest BCUT2D eigenvalue weighted by molar-refractivity contribution is 6.68. The fraction of sp³-hybridized carbons (Fsp3) is 1.00. The van der Waals surface area contributed by atoms with Crippen molar-refractivity contribution in [3.05, 3.63) is 0 Å². The van der Waals surface area contributed by atoms with Crippen LogP contribution in [0.15, 0.2) is 0 Å². The summed E-state index contributed by atoms with van der Waals surface area (Å²) >= 11 is 0. The predicted octanol–water partition coefficient (Wildman–Crippen LogP) is 1.85. The van der Waals surface area contributed by atoms with E-state index in [-0.39, 0.29) is 0 Å². The lowest BCUT2D eigenvalue weighted by Gasteiger charge is -2.34. The summed E-state index contributed by atoms with van der Waals surface area (Å²) in [6.07, 6.45) is 0. The molecule has 0 aromatic heterocycles. The van der Waals surface area contributed by atoms with Gasteiger partial charge in [0.05, 0.1) is 0 Å². The summed E-state index contributed by atoms with van der Waals surface area (Å²) in [6, 6.07) is 0. The molecule has 0 saturated carbocycles. The van der Waals surface area contributed by atoms with E-state index in [1.165, 1.54) is 42.7 Å². The van der Waals surface area contributed by atoms with Gasteiger partial charge in [-0.2, -0.15) is 0 Å². The molecule has 0 aromatic carbocycles. The van der Waals surface area contributed by atoms with Crippen LogP contribution in [0.4, 0.5) is 0 Å². The lowest BCUT2D eigenvalue weighted by atomic mass is 10.9. The second-order valence-corrected chi connectivity index (χ2v) is 15.8. The summed E-state index contributed by atoms with van der Waals surface area (Å²) in [4.78, 5) is 0. The van der Waals surface area contributed by atoms with E-state index >= 15 is 0 Å². The summed E-state index contributed by atoms with van der Waals surface area (Å²) in [5, 5.41) is 0. The van der Waals surface area contributed by atoms with Gasteiger partial charge in [-0.1, -0.05) is 0 Å². The average molecular weight is 601 g/mol. The fourth-order valence-corrected chi connectivity index (χ4v) is 12.0. The molecule has 14 nitrogen and oxygen atoms in total. The van der Waals surface area contributed by atoms with Crippen LogP contribution in [0.5, 0.6) is 0 Å². The first-order chi connectivity index (χ1) is 17.1. The second kappa shape index (κ2) is 21.2. The molecule has 18 heteroatoms. The number of rotatable bonds is 22. The third-order valence-corrected chi connectivity index (χ3v) is 14.8. The van der Waals surface area contributed by atoms with E-state index in [2.05, 4.69) is 0 Å². The molecule has 0 rings (SSSR count). The number of hydrogen-bond acceptors (Lipinski definition) is 14. The molecule has 0 aromatic rings. The molecule has 0 fully saturated rings. The zero-order valence-corrected chi connectivity index (χ0v) is 28.0. The molecule has 0 aliphatic heterocycles. The van der Waals surface area contributed by atoms with Crippen molar-refractivity contribution in [2.45, 2.75) is 41.5 Å². The van der Waals surface area contributed by atoms with Crippen LogP contribution in [-0.2, 0) is 61.3 Å². The van der Waals surface area contributed by atoms with Crippen LogP contribution in [-0.4, -0.2) is 118 Å². The minimum Gasteiger partial charge on any atom is -0.355 e. The van der Waals surface area contributed by atoms with E-state index in [9.17, 15) is 0 Å². The molecular weight excluding hydrogens is 553 g/mol. The number of hydrogen-bond donors (Lipinski definition) is 0. The van der Waals surface area contributed by atoms with Crippen LogP contribution in [0.3, 0.4) is 0 Å². The Morgan fingerprint density at radius 2 is 0.472 bits per heavy atom. The van der Waals surface area contributed by atoms with Crippen LogP contribution in [0.1, 0.15) is 41.5 Å². The third kappa shape index (κ3) is 12.9.